The standard InChI is InChI=1S/C18H15ClN4O5/c1-8-11(4-3-9(6-20)13(8)19)23-15(24)14-12-5-10(22(14)18(23)27)7-21(12)16(25)17(26)28-2/h3-4,10,12,24H,5,7H2,1-2H3. The highest BCUT2D eigenvalue weighted by molar-refractivity contribution is 6.33. The van der Waals surface area contributed by atoms with Crippen molar-refractivity contribution in [2.24, 2.45) is 0 Å². The quantitative estimate of drug-likeness (QED) is 0.565. The number of methoxy groups -OCH3 is 1. The molecular formula is C18H15ClN4O5. The van der Waals surface area contributed by atoms with Gasteiger partial charge in [0.2, 0.25) is 5.88 Å². The molecule has 2 aliphatic heterocycles. The molecule has 28 heavy (non-hydrogen) atoms. The van der Waals surface area contributed by atoms with Crippen LogP contribution >= 0.6 is 11.6 Å². The maximum Gasteiger partial charge on any atom is 0.396 e. The number of aromatic hydroxyl groups is 1. The fourth-order valence-electron chi connectivity index (χ4n) is 4.10. The van der Waals surface area contributed by atoms with Crippen LogP contribution in [0, 0.1) is 18.3 Å². The Labute approximate surface area is 163 Å². The lowest BCUT2D eigenvalue weighted by atomic mass is 10.1. The molecule has 2 unspecified atom stereocenters. The maximum atomic E-state index is 13.0. The number of hydrogen-bond acceptors (Lipinski definition) is 6. The Hall–Kier alpha value is -3.25. The predicted octanol–water partition coefficient (Wildman–Crippen LogP) is 1.18. The first-order valence-corrected chi connectivity index (χ1v) is 8.84. The average molecular weight is 403 g/mol. The van der Waals surface area contributed by atoms with Crippen LogP contribution in [0.1, 0.15) is 35.3 Å². The molecule has 3 heterocycles. The molecule has 1 aromatic heterocycles. The second kappa shape index (κ2) is 6.14. The van der Waals surface area contributed by atoms with Crippen molar-refractivity contribution in [1.29, 1.82) is 5.26 Å². The Balaban J connectivity index is 1.85. The lowest BCUT2D eigenvalue weighted by molar-refractivity contribution is -0.159. The number of aromatic nitrogens is 2. The monoisotopic (exact) mass is 402 g/mol. The summed E-state index contributed by atoms with van der Waals surface area (Å²) in [6.07, 6.45) is 0.439. The number of amides is 1. The molecule has 144 valence electrons. The van der Waals surface area contributed by atoms with E-state index in [0.717, 1.165) is 11.7 Å². The molecule has 1 aromatic carbocycles. The van der Waals surface area contributed by atoms with Crippen molar-refractivity contribution in [2.45, 2.75) is 25.4 Å². The van der Waals surface area contributed by atoms with Gasteiger partial charge in [-0.2, -0.15) is 5.26 Å². The molecule has 0 saturated carbocycles. The van der Waals surface area contributed by atoms with Crippen molar-refractivity contribution >= 4 is 23.5 Å². The summed E-state index contributed by atoms with van der Waals surface area (Å²) in [4.78, 5) is 38.2. The van der Waals surface area contributed by atoms with Crippen molar-refractivity contribution in [2.75, 3.05) is 13.7 Å². The molecule has 1 amide bonds. The van der Waals surface area contributed by atoms with E-state index in [1.165, 1.54) is 21.6 Å². The molecule has 9 nitrogen and oxygen atoms in total. The molecule has 0 radical (unpaired) electrons. The summed E-state index contributed by atoms with van der Waals surface area (Å²) >= 11 is 6.20. The van der Waals surface area contributed by atoms with E-state index in [0.29, 0.717) is 17.7 Å². The summed E-state index contributed by atoms with van der Waals surface area (Å²) in [5.41, 5.74) is 0.889. The topological polar surface area (TPSA) is 118 Å². The molecule has 2 atom stereocenters. The van der Waals surface area contributed by atoms with Crippen LogP contribution in [0.2, 0.25) is 5.02 Å². The largest absolute Gasteiger partial charge is 0.493 e. The number of carbonyl (C=O) groups excluding carboxylic acids is 2. The van der Waals surface area contributed by atoms with Gasteiger partial charge >= 0.3 is 17.6 Å². The Morgan fingerprint density at radius 1 is 1.39 bits per heavy atom. The van der Waals surface area contributed by atoms with E-state index >= 15 is 0 Å². The average Bonchev–Trinajstić information content (AvgIpc) is 3.35. The van der Waals surface area contributed by atoms with Crippen molar-refractivity contribution in [3.8, 4) is 17.6 Å². The van der Waals surface area contributed by atoms with Crippen LogP contribution in [-0.2, 0) is 14.3 Å². The smallest absolute Gasteiger partial charge is 0.396 e. The minimum Gasteiger partial charge on any atom is -0.493 e. The van der Waals surface area contributed by atoms with Crippen LogP contribution in [-0.4, -0.2) is 44.7 Å². The van der Waals surface area contributed by atoms with E-state index in [-0.39, 0.29) is 34.7 Å². The highest BCUT2D eigenvalue weighted by Crippen LogP contribution is 2.48. The van der Waals surface area contributed by atoms with Crippen molar-refractivity contribution in [3.05, 3.63) is 44.5 Å². The number of ether oxygens (including phenoxy) is 1. The Bertz CT molecular complexity index is 1140. The zero-order chi connectivity index (χ0) is 20.3. The van der Waals surface area contributed by atoms with Gasteiger partial charge in [-0.15, -0.1) is 0 Å². The Morgan fingerprint density at radius 3 is 2.75 bits per heavy atom. The van der Waals surface area contributed by atoms with Crippen LogP contribution in [0.5, 0.6) is 5.88 Å². The molecule has 1 saturated heterocycles. The number of halogens is 1. The summed E-state index contributed by atoms with van der Waals surface area (Å²) in [5.74, 6) is -2.11. The van der Waals surface area contributed by atoms with E-state index < -0.39 is 23.6 Å². The molecule has 4 rings (SSSR count). The second-order valence-electron chi connectivity index (χ2n) is 6.73. The molecule has 1 fully saturated rings. The third-order valence-corrected chi connectivity index (χ3v) is 5.88. The Morgan fingerprint density at radius 2 is 2.11 bits per heavy atom. The zero-order valence-corrected chi connectivity index (χ0v) is 15.7. The lowest BCUT2D eigenvalue weighted by Crippen LogP contribution is -2.41. The van der Waals surface area contributed by atoms with Crippen LogP contribution in [0.25, 0.3) is 5.69 Å². The van der Waals surface area contributed by atoms with Gasteiger partial charge in [-0.1, -0.05) is 11.6 Å². The number of fused-ring (bicyclic) bond motifs is 5. The maximum absolute atomic E-state index is 13.0. The molecular weight excluding hydrogens is 388 g/mol. The number of nitriles is 1. The van der Waals surface area contributed by atoms with Crippen LogP contribution in [0.4, 0.5) is 0 Å². The number of likely N-dealkylation sites (tertiary alicyclic amines) is 1. The van der Waals surface area contributed by atoms with Crippen LogP contribution in [0.15, 0.2) is 16.9 Å². The fraction of sp³-hybridized carbons (Fsp3) is 0.333. The van der Waals surface area contributed by atoms with E-state index in [1.54, 1.807) is 6.92 Å². The number of esters is 1. The zero-order valence-electron chi connectivity index (χ0n) is 15.0. The summed E-state index contributed by atoms with van der Waals surface area (Å²) in [6.45, 7) is 1.83. The van der Waals surface area contributed by atoms with Crippen LogP contribution in [0.3, 0.4) is 0 Å². The minimum atomic E-state index is -0.991. The van der Waals surface area contributed by atoms with Crippen molar-refractivity contribution in [3.63, 3.8) is 0 Å². The molecule has 10 heteroatoms. The second-order valence-corrected chi connectivity index (χ2v) is 7.11. The number of hydrogen-bond donors (Lipinski definition) is 1. The van der Waals surface area contributed by atoms with E-state index in [4.69, 9.17) is 16.9 Å². The third kappa shape index (κ3) is 2.21. The normalized spacial score (nSPS) is 19.4. The lowest BCUT2D eigenvalue weighted by Gasteiger charge is -2.26. The van der Waals surface area contributed by atoms with Gasteiger partial charge in [-0.25, -0.2) is 14.2 Å². The number of imidazole rings is 1. The summed E-state index contributed by atoms with van der Waals surface area (Å²) in [5, 5.41) is 20.1. The number of carbonyl (C=O) groups is 2. The molecule has 0 spiro atoms. The minimum absolute atomic E-state index is 0.183. The van der Waals surface area contributed by atoms with Crippen molar-refractivity contribution < 1.29 is 19.4 Å². The first-order chi connectivity index (χ1) is 13.3. The van der Waals surface area contributed by atoms with Gasteiger partial charge < -0.3 is 14.7 Å². The first kappa shape index (κ1) is 18.1. The van der Waals surface area contributed by atoms with E-state index in [1.807, 2.05) is 6.07 Å². The predicted molar refractivity (Wildman–Crippen MR) is 96.3 cm³/mol. The third-order valence-electron chi connectivity index (χ3n) is 5.40. The van der Waals surface area contributed by atoms with Gasteiger partial charge in [-0.05, 0) is 31.0 Å². The van der Waals surface area contributed by atoms with Gasteiger partial charge in [0.1, 0.15) is 11.8 Å². The highest BCUT2D eigenvalue weighted by atomic mass is 35.5. The van der Waals surface area contributed by atoms with Gasteiger partial charge in [0.05, 0.1) is 35.5 Å². The van der Waals surface area contributed by atoms with Gasteiger partial charge in [0.25, 0.3) is 0 Å². The molecule has 2 aliphatic rings. The number of rotatable bonds is 1. The van der Waals surface area contributed by atoms with E-state index in [9.17, 15) is 19.5 Å². The number of nitrogens with zero attached hydrogens (tertiary/aromatic N) is 4. The SMILES string of the molecule is COC(=O)C(=O)N1CC2CC1c1c(O)n(-c3ccc(C#N)c(Cl)c3C)c(=O)n12. The molecule has 1 N–H and O–H groups in total. The molecule has 2 aromatic rings. The summed E-state index contributed by atoms with van der Waals surface area (Å²) in [6, 6.07) is 4.03. The Kier molecular flexibility index (Phi) is 3.97. The molecule has 2 bridgehead atoms. The highest BCUT2D eigenvalue weighted by Gasteiger charge is 2.50. The van der Waals surface area contributed by atoms with Crippen molar-refractivity contribution in [1.82, 2.24) is 14.0 Å². The van der Waals surface area contributed by atoms with E-state index in [2.05, 4.69) is 4.74 Å². The fourth-order valence-corrected chi connectivity index (χ4v) is 4.30. The molecule has 0 aliphatic carbocycles. The first-order valence-electron chi connectivity index (χ1n) is 8.46. The summed E-state index contributed by atoms with van der Waals surface area (Å²) in [7, 11) is 1.12. The van der Waals surface area contributed by atoms with Gasteiger partial charge in [-0.3, -0.25) is 9.36 Å². The van der Waals surface area contributed by atoms with Gasteiger partial charge in [0.15, 0.2) is 0 Å². The number of benzene rings is 1. The van der Waals surface area contributed by atoms with Crippen LogP contribution < -0.4 is 5.69 Å². The summed E-state index contributed by atoms with van der Waals surface area (Å²) < 4.78 is 7.06. The van der Waals surface area contributed by atoms with Gasteiger partial charge in [0, 0.05) is 6.54 Å².